The van der Waals surface area contributed by atoms with Crippen LogP contribution in [0.3, 0.4) is 0 Å². The molecule has 1 heterocycles. The van der Waals surface area contributed by atoms with Gasteiger partial charge in [-0.3, -0.25) is 14.4 Å². The second-order valence-corrected chi connectivity index (χ2v) is 6.91. The Labute approximate surface area is 160 Å². The van der Waals surface area contributed by atoms with Gasteiger partial charge in [0.1, 0.15) is 0 Å². The highest BCUT2D eigenvalue weighted by Crippen LogP contribution is 2.15. The Morgan fingerprint density at radius 1 is 1.00 bits per heavy atom. The number of aliphatic carboxylic acids is 1. The first-order valence-electron chi connectivity index (χ1n) is 9.72. The van der Waals surface area contributed by atoms with Gasteiger partial charge in [-0.2, -0.15) is 0 Å². The summed E-state index contributed by atoms with van der Waals surface area (Å²) in [5.41, 5.74) is 0. The van der Waals surface area contributed by atoms with Crippen LogP contribution in [0, 0.1) is 0 Å². The number of ether oxygens (including phenoxy) is 2. The summed E-state index contributed by atoms with van der Waals surface area (Å²) >= 11 is 0. The normalized spacial score (nSPS) is 24.6. The molecule has 1 N–H and O–H groups in total. The molecule has 1 aliphatic rings. The van der Waals surface area contributed by atoms with Crippen molar-refractivity contribution in [3.8, 4) is 0 Å². The Morgan fingerprint density at radius 3 is 2.22 bits per heavy atom. The van der Waals surface area contributed by atoms with Crippen molar-refractivity contribution in [1.29, 1.82) is 0 Å². The van der Waals surface area contributed by atoms with Crippen molar-refractivity contribution in [2.75, 3.05) is 0 Å². The molecular weight excluding hydrogens is 352 g/mol. The van der Waals surface area contributed by atoms with Crippen molar-refractivity contribution in [1.82, 2.24) is 0 Å². The largest absolute Gasteiger partial charge is 0.481 e. The van der Waals surface area contributed by atoms with Crippen molar-refractivity contribution < 1.29 is 33.8 Å². The summed E-state index contributed by atoms with van der Waals surface area (Å²) in [5.74, 6) is -2.92. The van der Waals surface area contributed by atoms with Gasteiger partial charge in [-0.05, 0) is 38.7 Å². The number of rotatable bonds is 4. The lowest BCUT2D eigenvalue weighted by Gasteiger charge is -2.16. The van der Waals surface area contributed by atoms with Gasteiger partial charge in [0.05, 0.1) is 18.9 Å². The average molecular weight is 382 g/mol. The maximum absolute atomic E-state index is 12.3. The summed E-state index contributed by atoms with van der Waals surface area (Å²) in [6.07, 6.45) is 8.45. The molecule has 7 heteroatoms. The van der Waals surface area contributed by atoms with Gasteiger partial charge >= 0.3 is 17.9 Å². The van der Waals surface area contributed by atoms with Gasteiger partial charge in [-0.15, -0.1) is 0 Å². The molecule has 152 valence electrons. The highest BCUT2D eigenvalue weighted by molar-refractivity contribution is 5.99. The molecular formula is C20H30O7. The van der Waals surface area contributed by atoms with Crippen molar-refractivity contribution >= 4 is 23.7 Å². The number of carboxylic acid groups (broad SMARTS) is 1. The Morgan fingerprint density at radius 2 is 1.59 bits per heavy atom. The first-order valence-corrected chi connectivity index (χ1v) is 9.72. The monoisotopic (exact) mass is 382 g/mol. The van der Waals surface area contributed by atoms with Crippen LogP contribution < -0.4 is 0 Å². The SMILES string of the molecule is C[C@@H]1CCCCCCCCC[C@H](OC(=O)CCC(=O)O)C(=O)/C=C\C(=O)O1. The summed E-state index contributed by atoms with van der Waals surface area (Å²) in [5, 5.41) is 8.63. The lowest BCUT2D eigenvalue weighted by Crippen LogP contribution is -2.26. The molecule has 0 aliphatic carbocycles. The van der Waals surface area contributed by atoms with Crippen LogP contribution in [-0.2, 0) is 28.7 Å². The molecule has 0 aromatic heterocycles. The quantitative estimate of drug-likeness (QED) is 0.743. The third-order valence-electron chi connectivity index (χ3n) is 4.41. The Hall–Kier alpha value is -2.18. The second-order valence-electron chi connectivity index (χ2n) is 6.91. The fourth-order valence-corrected chi connectivity index (χ4v) is 2.89. The zero-order valence-electron chi connectivity index (χ0n) is 16.0. The number of carbonyl (C=O) groups is 4. The number of carbonyl (C=O) groups excluding carboxylic acids is 3. The first-order chi connectivity index (χ1) is 12.9. The summed E-state index contributed by atoms with van der Waals surface area (Å²) in [6, 6.07) is 0. The lowest BCUT2D eigenvalue weighted by molar-refractivity contribution is -0.155. The number of ketones is 1. The minimum Gasteiger partial charge on any atom is -0.481 e. The molecule has 0 amide bonds. The molecule has 1 rings (SSSR count). The van der Waals surface area contributed by atoms with Crippen LogP contribution in [0.5, 0.6) is 0 Å². The Kier molecular flexibility index (Phi) is 11.1. The van der Waals surface area contributed by atoms with Crippen molar-refractivity contribution in [2.45, 2.75) is 89.8 Å². The smallest absolute Gasteiger partial charge is 0.331 e. The topological polar surface area (TPSA) is 107 Å². The van der Waals surface area contributed by atoms with E-state index < -0.39 is 29.8 Å². The number of hydrogen-bond donors (Lipinski definition) is 1. The molecule has 0 aromatic rings. The highest BCUT2D eigenvalue weighted by atomic mass is 16.5. The van der Waals surface area contributed by atoms with Gasteiger partial charge in [-0.25, -0.2) is 4.79 Å². The van der Waals surface area contributed by atoms with Crippen molar-refractivity contribution in [3.63, 3.8) is 0 Å². The third-order valence-corrected chi connectivity index (χ3v) is 4.41. The minimum atomic E-state index is -1.10. The standard InChI is InChI=1S/C20H30O7/c1-15-9-7-5-3-2-4-6-8-10-17(16(21)11-13-19(24)26-15)27-20(25)14-12-18(22)23/h11,13,15,17H,2-10,12,14H2,1H3,(H,22,23)/b13-11-/t15-,17+/m1/s1. The lowest BCUT2D eigenvalue weighted by atomic mass is 10.0. The fraction of sp³-hybridized carbons (Fsp3) is 0.700. The molecule has 7 nitrogen and oxygen atoms in total. The molecule has 0 saturated carbocycles. The summed E-state index contributed by atoms with van der Waals surface area (Å²) in [7, 11) is 0. The molecule has 0 saturated heterocycles. The summed E-state index contributed by atoms with van der Waals surface area (Å²) < 4.78 is 10.4. The second kappa shape index (κ2) is 13.1. The van der Waals surface area contributed by atoms with Crippen LogP contribution in [-0.4, -0.2) is 41.0 Å². The molecule has 0 bridgehead atoms. The fourth-order valence-electron chi connectivity index (χ4n) is 2.89. The minimum absolute atomic E-state index is 0.213. The van der Waals surface area contributed by atoms with Crippen LogP contribution in [0.1, 0.15) is 77.6 Å². The number of hydrogen-bond acceptors (Lipinski definition) is 6. The number of cyclic esters (lactones) is 1. The van der Waals surface area contributed by atoms with E-state index in [1.165, 1.54) is 0 Å². The van der Waals surface area contributed by atoms with E-state index in [2.05, 4.69) is 0 Å². The van der Waals surface area contributed by atoms with Gasteiger partial charge in [0.25, 0.3) is 0 Å². The molecule has 0 spiro atoms. The Balaban J connectivity index is 2.70. The number of carboxylic acids is 1. The molecule has 1 aliphatic heterocycles. The molecule has 0 unspecified atom stereocenters. The first kappa shape index (κ1) is 22.9. The van der Waals surface area contributed by atoms with Crippen LogP contribution in [0.2, 0.25) is 0 Å². The van der Waals surface area contributed by atoms with Crippen molar-refractivity contribution in [3.05, 3.63) is 12.2 Å². The van der Waals surface area contributed by atoms with Crippen LogP contribution in [0.15, 0.2) is 12.2 Å². The van der Waals surface area contributed by atoms with Crippen LogP contribution in [0.25, 0.3) is 0 Å². The van der Waals surface area contributed by atoms with Gasteiger partial charge in [0, 0.05) is 6.08 Å². The summed E-state index contributed by atoms with van der Waals surface area (Å²) in [6.45, 7) is 1.82. The molecule has 2 atom stereocenters. The van der Waals surface area contributed by atoms with E-state index in [0.29, 0.717) is 6.42 Å². The predicted octanol–water partition coefficient (Wildman–Crippen LogP) is 3.34. The zero-order chi connectivity index (χ0) is 20.1. The zero-order valence-corrected chi connectivity index (χ0v) is 16.0. The van der Waals surface area contributed by atoms with E-state index in [9.17, 15) is 19.2 Å². The molecule has 0 radical (unpaired) electrons. The van der Waals surface area contributed by atoms with Gasteiger partial charge < -0.3 is 14.6 Å². The van der Waals surface area contributed by atoms with E-state index >= 15 is 0 Å². The summed E-state index contributed by atoms with van der Waals surface area (Å²) in [4.78, 5) is 46.5. The Bertz CT molecular complexity index is 538. The van der Waals surface area contributed by atoms with E-state index in [0.717, 1.165) is 63.5 Å². The van der Waals surface area contributed by atoms with E-state index in [4.69, 9.17) is 14.6 Å². The van der Waals surface area contributed by atoms with Crippen LogP contribution >= 0.6 is 0 Å². The van der Waals surface area contributed by atoms with E-state index in [1.807, 2.05) is 6.92 Å². The van der Waals surface area contributed by atoms with E-state index in [1.54, 1.807) is 0 Å². The van der Waals surface area contributed by atoms with Gasteiger partial charge in [-0.1, -0.05) is 32.1 Å². The average Bonchev–Trinajstić information content (AvgIpc) is 2.61. The number of esters is 2. The molecule has 0 fully saturated rings. The van der Waals surface area contributed by atoms with Crippen molar-refractivity contribution in [2.24, 2.45) is 0 Å². The van der Waals surface area contributed by atoms with Gasteiger partial charge in [0.2, 0.25) is 0 Å². The van der Waals surface area contributed by atoms with Crippen LogP contribution in [0.4, 0.5) is 0 Å². The van der Waals surface area contributed by atoms with Gasteiger partial charge in [0.15, 0.2) is 11.9 Å². The van der Waals surface area contributed by atoms with E-state index in [-0.39, 0.29) is 18.9 Å². The predicted molar refractivity (Wildman–Crippen MR) is 98.0 cm³/mol. The third kappa shape index (κ3) is 11.2. The molecule has 0 aromatic carbocycles. The highest BCUT2D eigenvalue weighted by Gasteiger charge is 2.21. The maximum atomic E-state index is 12.3. The maximum Gasteiger partial charge on any atom is 0.331 e. The molecule has 27 heavy (non-hydrogen) atoms.